The first-order chi connectivity index (χ1) is 14.7. The van der Waals surface area contributed by atoms with Crippen molar-refractivity contribution in [3.8, 4) is 0 Å². The van der Waals surface area contributed by atoms with Crippen LogP contribution in [-0.2, 0) is 21.2 Å². The van der Waals surface area contributed by atoms with Crippen molar-refractivity contribution in [3.05, 3.63) is 93.2 Å². The zero-order valence-electron chi connectivity index (χ0n) is 15.8. The normalized spacial score (nSPS) is 12.4. The van der Waals surface area contributed by atoms with Crippen LogP contribution < -0.4 is 10.0 Å². The minimum absolute atomic E-state index is 0.0615. The van der Waals surface area contributed by atoms with Crippen molar-refractivity contribution in [1.29, 1.82) is 0 Å². The van der Waals surface area contributed by atoms with Crippen LogP contribution in [0.4, 0.5) is 10.1 Å². The Morgan fingerprint density at radius 3 is 2.16 bits per heavy atom. The Morgan fingerprint density at radius 2 is 1.52 bits per heavy atom. The average Bonchev–Trinajstić information content (AvgIpc) is 2.72. The maximum Gasteiger partial charge on any atom is 0.242 e. The van der Waals surface area contributed by atoms with Gasteiger partial charge in [0.1, 0.15) is 11.9 Å². The predicted octanol–water partition coefficient (Wildman–Crippen LogP) is 5.31. The number of hydrogen-bond acceptors (Lipinski definition) is 3. The fourth-order valence-corrected chi connectivity index (χ4v) is 4.53. The smallest absolute Gasteiger partial charge is 0.242 e. The van der Waals surface area contributed by atoms with Crippen molar-refractivity contribution >= 4 is 56.4 Å². The minimum atomic E-state index is -4.12. The van der Waals surface area contributed by atoms with Gasteiger partial charge in [-0.05, 0) is 48.4 Å². The molecule has 5 nitrogen and oxygen atoms in total. The predicted molar refractivity (Wildman–Crippen MR) is 121 cm³/mol. The van der Waals surface area contributed by atoms with Crippen LogP contribution in [0.2, 0.25) is 15.1 Å². The van der Waals surface area contributed by atoms with E-state index in [1.165, 1.54) is 12.1 Å². The molecule has 2 N–H and O–H groups in total. The molecule has 1 atom stereocenters. The Morgan fingerprint density at radius 1 is 0.903 bits per heavy atom. The maximum atomic E-state index is 13.2. The number of rotatable bonds is 7. The van der Waals surface area contributed by atoms with Crippen LogP contribution in [0.3, 0.4) is 0 Å². The van der Waals surface area contributed by atoms with Gasteiger partial charge in [-0.1, -0.05) is 65.1 Å². The molecule has 31 heavy (non-hydrogen) atoms. The highest BCUT2D eigenvalue weighted by Gasteiger charge is 2.27. The van der Waals surface area contributed by atoms with Gasteiger partial charge in [0.2, 0.25) is 15.9 Å². The van der Waals surface area contributed by atoms with Crippen molar-refractivity contribution in [3.63, 3.8) is 0 Å². The summed E-state index contributed by atoms with van der Waals surface area (Å²) in [4.78, 5) is 12.8. The molecule has 0 radical (unpaired) electrons. The minimum Gasteiger partial charge on any atom is -0.323 e. The maximum absolute atomic E-state index is 13.2. The number of hydrogen-bond donors (Lipinski definition) is 2. The zero-order valence-corrected chi connectivity index (χ0v) is 18.9. The van der Waals surface area contributed by atoms with Gasteiger partial charge in [0.25, 0.3) is 0 Å². The van der Waals surface area contributed by atoms with Gasteiger partial charge in [-0.2, -0.15) is 4.72 Å². The van der Waals surface area contributed by atoms with Gasteiger partial charge in [0.15, 0.2) is 0 Å². The summed E-state index contributed by atoms with van der Waals surface area (Å²) in [6.45, 7) is 0. The van der Waals surface area contributed by atoms with Crippen molar-refractivity contribution in [1.82, 2.24) is 4.72 Å². The number of nitrogens with one attached hydrogen (secondary N) is 2. The largest absolute Gasteiger partial charge is 0.323 e. The number of anilines is 1. The second-order valence-electron chi connectivity index (χ2n) is 6.55. The molecule has 162 valence electrons. The first-order valence-electron chi connectivity index (χ1n) is 8.93. The second-order valence-corrected chi connectivity index (χ2v) is 9.49. The Kier molecular flexibility index (Phi) is 7.56. The van der Waals surface area contributed by atoms with E-state index in [1.807, 2.05) is 0 Å². The summed E-state index contributed by atoms with van der Waals surface area (Å²) >= 11 is 18.0. The molecule has 0 aromatic heterocycles. The molecule has 3 rings (SSSR count). The summed E-state index contributed by atoms with van der Waals surface area (Å²) in [6, 6.07) is 14.7. The fourth-order valence-electron chi connectivity index (χ4n) is 2.74. The van der Waals surface area contributed by atoms with Crippen LogP contribution >= 0.6 is 34.8 Å². The van der Waals surface area contributed by atoms with Gasteiger partial charge in [0, 0.05) is 0 Å². The molecule has 0 aliphatic carbocycles. The highest BCUT2D eigenvalue weighted by Crippen LogP contribution is 2.32. The number of carbonyl (C=O) groups is 1. The monoisotopic (exact) mass is 500 g/mol. The quantitative estimate of drug-likeness (QED) is 0.431. The molecule has 0 heterocycles. The van der Waals surface area contributed by atoms with E-state index in [-0.39, 0.29) is 32.1 Å². The number of sulfonamides is 1. The standard InChI is InChI=1S/C21H16Cl3FN2O3S/c22-16-11-18(24)19(12-17(16)23)26-21(28)20(10-13-4-2-1-3-5-13)27-31(29,30)15-8-6-14(25)7-9-15/h1-9,11-12,20,27H,10H2,(H,26,28)/t20-/m1/s1. The third kappa shape index (κ3) is 6.18. The molecule has 3 aromatic rings. The summed E-state index contributed by atoms with van der Waals surface area (Å²) in [5.41, 5.74) is 0.907. The topological polar surface area (TPSA) is 75.3 Å². The summed E-state index contributed by atoms with van der Waals surface area (Å²) in [7, 11) is -4.12. The van der Waals surface area contributed by atoms with Crippen molar-refractivity contribution in [2.75, 3.05) is 5.32 Å². The van der Waals surface area contributed by atoms with Crippen molar-refractivity contribution in [2.45, 2.75) is 17.4 Å². The molecule has 10 heteroatoms. The highest BCUT2D eigenvalue weighted by atomic mass is 35.5. The average molecular weight is 502 g/mol. The molecular formula is C21H16Cl3FN2O3S. The molecular weight excluding hydrogens is 486 g/mol. The first-order valence-corrected chi connectivity index (χ1v) is 11.5. The molecule has 0 fully saturated rings. The van der Waals surface area contributed by atoms with Crippen molar-refractivity contribution in [2.24, 2.45) is 0 Å². The Labute approximate surface area is 194 Å². The number of carbonyl (C=O) groups excluding carboxylic acids is 1. The number of amides is 1. The van der Waals surface area contributed by atoms with Gasteiger partial charge in [-0.15, -0.1) is 0 Å². The lowest BCUT2D eigenvalue weighted by Gasteiger charge is -2.19. The van der Waals surface area contributed by atoms with Gasteiger partial charge >= 0.3 is 0 Å². The summed E-state index contributed by atoms with van der Waals surface area (Å²) in [5, 5.41) is 3.11. The lowest BCUT2D eigenvalue weighted by Crippen LogP contribution is -2.45. The van der Waals surface area contributed by atoms with Gasteiger partial charge < -0.3 is 5.32 Å². The molecule has 1 amide bonds. The van der Waals surface area contributed by atoms with E-state index in [9.17, 15) is 17.6 Å². The van der Waals surface area contributed by atoms with Crippen molar-refractivity contribution < 1.29 is 17.6 Å². The third-order valence-electron chi connectivity index (χ3n) is 4.29. The Balaban J connectivity index is 1.89. The molecule has 0 aliphatic rings. The molecule has 0 unspecified atom stereocenters. The van der Waals surface area contributed by atoms with E-state index in [1.54, 1.807) is 30.3 Å². The van der Waals surface area contributed by atoms with Crippen LogP contribution in [0.25, 0.3) is 0 Å². The van der Waals surface area contributed by atoms with Crippen LogP contribution in [0.15, 0.2) is 71.6 Å². The SMILES string of the molecule is O=C(Nc1cc(Cl)c(Cl)cc1Cl)[C@@H](Cc1ccccc1)NS(=O)(=O)c1ccc(F)cc1. The van der Waals surface area contributed by atoms with E-state index in [0.29, 0.717) is 0 Å². The highest BCUT2D eigenvalue weighted by molar-refractivity contribution is 7.89. The second kappa shape index (κ2) is 9.97. The summed E-state index contributed by atoms with van der Waals surface area (Å²) in [6.07, 6.45) is 0.0615. The molecule has 0 aliphatic heterocycles. The van der Waals surface area contributed by atoms with Crippen LogP contribution in [0, 0.1) is 5.82 Å². The number of halogens is 4. The van der Waals surface area contributed by atoms with Crippen LogP contribution in [0.1, 0.15) is 5.56 Å². The Bertz CT molecular complexity index is 1190. The van der Waals surface area contributed by atoms with Crippen LogP contribution in [0.5, 0.6) is 0 Å². The van der Waals surface area contributed by atoms with E-state index in [0.717, 1.165) is 29.8 Å². The number of benzene rings is 3. The lowest BCUT2D eigenvalue weighted by atomic mass is 10.1. The molecule has 0 spiro atoms. The van der Waals surface area contributed by atoms with E-state index < -0.39 is 27.8 Å². The zero-order chi connectivity index (χ0) is 22.6. The fraction of sp³-hybridized carbons (Fsp3) is 0.0952. The van der Waals surface area contributed by atoms with Gasteiger partial charge in [0.05, 0.1) is 25.7 Å². The summed E-state index contributed by atoms with van der Waals surface area (Å²) in [5.74, 6) is -1.23. The molecule has 0 saturated heterocycles. The van der Waals surface area contributed by atoms with Gasteiger partial charge in [-0.3, -0.25) is 4.79 Å². The summed E-state index contributed by atoms with van der Waals surface area (Å²) < 4.78 is 41.1. The first kappa shape index (κ1) is 23.5. The Hall–Kier alpha value is -2.16. The lowest BCUT2D eigenvalue weighted by molar-refractivity contribution is -0.117. The molecule has 0 saturated carbocycles. The molecule has 3 aromatic carbocycles. The third-order valence-corrected chi connectivity index (χ3v) is 6.81. The molecule has 0 bridgehead atoms. The van der Waals surface area contributed by atoms with E-state index in [2.05, 4.69) is 10.0 Å². The van der Waals surface area contributed by atoms with Crippen LogP contribution in [-0.4, -0.2) is 20.4 Å². The van der Waals surface area contributed by atoms with E-state index >= 15 is 0 Å². The van der Waals surface area contributed by atoms with E-state index in [4.69, 9.17) is 34.8 Å². The van der Waals surface area contributed by atoms with Gasteiger partial charge in [-0.25, -0.2) is 12.8 Å².